The van der Waals surface area contributed by atoms with Gasteiger partial charge in [0.2, 0.25) is 11.3 Å². The van der Waals surface area contributed by atoms with Crippen molar-refractivity contribution < 1.29 is 0 Å². The third kappa shape index (κ3) is 1.06. The van der Waals surface area contributed by atoms with E-state index in [-0.39, 0.29) is 0 Å². The zero-order valence-corrected chi connectivity index (χ0v) is 9.77. The topological polar surface area (TPSA) is 86.2 Å². The molecule has 0 aliphatic rings. The predicted molar refractivity (Wildman–Crippen MR) is 60.3 cm³/mol. The van der Waals surface area contributed by atoms with Crippen molar-refractivity contribution >= 4 is 38.3 Å². The lowest BCUT2D eigenvalue weighted by molar-refractivity contribution is 0.827. The highest BCUT2D eigenvalue weighted by atomic mass is 79.9. The average molecular weight is 291 g/mol. The van der Waals surface area contributed by atoms with Gasteiger partial charge in [0.15, 0.2) is 0 Å². The van der Waals surface area contributed by atoms with Gasteiger partial charge in [0.1, 0.15) is 0 Å². The minimum absolute atomic E-state index is 0.528. The Morgan fingerprint density at radius 1 is 0.882 bits per heavy atom. The smallest absolute Gasteiger partial charge is 0.188 e. The Balaban J connectivity index is 2.45. The molecular formula is C8H3BrN8. The minimum atomic E-state index is 0.528. The van der Waals surface area contributed by atoms with E-state index in [1.165, 1.54) is 0 Å². The summed E-state index contributed by atoms with van der Waals surface area (Å²) in [6, 6.07) is 5.74. The molecule has 9 heteroatoms. The van der Waals surface area contributed by atoms with Gasteiger partial charge in [-0.15, -0.1) is 10.2 Å². The highest BCUT2D eigenvalue weighted by molar-refractivity contribution is 9.10. The monoisotopic (exact) mass is 290 g/mol. The Kier molecular flexibility index (Phi) is 1.55. The van der Waals surface area contributed by atoms with Crippen molar-refractivity contribution in [1.29, 1.82) is 0 Å². The zero-order valence-electron chi connectivity index (χ0n) is 8.19. The Bertz CT molecular complexity index is 862. The summed E-state index contributed by atoms with van der Waals surface area (Å²) in [6.45, 7) is 0. The van der Waals surface area contributed by atoms with E-state index in [1.54, 1.807) is 9.03 Å². The maximum atomic E-state index is 3.94. The molecule has 0 saturated heterocycles. The van der Waals surface area contributed by atoms with Crippen molar-refractivity contribution in [3.05, 3.63) is 22.7 Å². The number of fused-ring (bicyclic) bond motifs is 6. The van der Waals surface area contributed by atoms with Crippen LogP contribution in [0, 0.1) is 0 Å². The van der Waals surface area contributed by atoms with Gasteiger partial charge in [-0.05, 0) is 39.1 Å². The van der Waals surface area contributed by atoms with E-state index < -0.39 is 0 Å². The van der Waals surface area contributed by atoms with Crippen LogP contribution in [0.15, 0.2) is 22.7 Å². The third-order valence-electron chi connectivity index (χ3n) is 2.53. The Morgan fingerprint density at radius 2 is 1.53 bits per heavy atom. The lowest BCUT2D eigenvalue weighted by Crippen LogP contribution is -1.99. The highest BCUT2D eigenvalue weighted by Gasteiger charge is 2.13. The summed E-state index contributed by atoms with van der Waals surface area (Å²) >= 11 is 3.42. The second-order valence-electron chi connectivity index (χ2n) is 3.46. The maximum absolute atomic E-state index is 3.94. The Morgan fingerprint density at radius 3 is 2.24 bits per heavy atom. The third-order valence-corrected chi connectivity index (χ3v) is 3.03. The number of aromatic nitrogens is 8. The molecule has 1 aromatic carbocycles. The van der Waals surface area contributed by atoms with Gasteiger partial charge in [0.25, 0.3) is 0 Å². The van der Waals surface area contributed by atoms with Crippen LogP contribution in [-0.2, 0) is 0 Å². The van der Waals surface area contributed by atoms with Crippen LogP contribution in [0.3, 0.4) is 0 Å². The number of halogens is 1. The quantitative estimate of drug-likeness (QED) is 0.468. The van der Waals surface area contributed by atoms with Gasteiger partial charge in [-0.25, -0.2) is 0 Å². The van der Waals surface area contributed by atoms with E-state index in [4.69, 9.17) is 0 Å². The predicted octanol–water partition coefficient (Wildman–Crippen LogP) is 0.478. The van der Waals surface area contributed by atoms with Crippen LogP contribution in [0.2, 0.25) is 0 Å². The van der Waals surface area contributed by atoms with Gasteiger partial charge in [-0.1, -0.05) is 15.9 Å². The molecule has 0 atom stereocenters. The molecule has 0 N–H and O–H groups in total. The molecule has 8 nitrogen and oxygen atoms in total. The molecule has 3 aromatic heterocycles. The Labute approximate surface area is 101 Å². The summed E-state index contributed by atoms with van der Waals surface area (Å²) in [5.41, 5.74) is 2.73. The van der Waals surface area contributed by atoms with Crippen molar-refractivity contribution in [3.63, 3.8) is 0 Å². The SMILES string of the molecule is Brc1ccc2c(c1)n1nnnc1c1nnnn21. The average Bonchev–Trinajstić information content (AvgIpc) is 2.97. The standard InChI is InChI=1S/C8H3BrN8/c9-4-1-2-5-6(3-4)17-8(11-13-15-17)7-10-12-14-16(5)7/h1-3H. The summed E-state index contributed by atoms with van der Waals surface area (Å²) in [4.78, 5) is 0. The van der Waals surface area contributed by atoms with Crippen molar-refractivity contribution in [2.45, 2.75) is 0 Å². The number of rotatable bonds is 0. The fourth-order valence-electron chi connectivity index (χ4n) is 1.82. The number of nitrogens with zero attached hydrogens (tertiary/aromatic N) is 8. The van der Waals surface area contributed by atoms with E-state index in [0.717, 1.165) is 15.5 Å². The molecule has 82 valence electrons. The van der Waals surface area contributed by atoms with E-state index >= 15 is 0 Å². The molecule has 3 heterocycles. The van der Waals surface area contributed by atoms with Gasteiger partial charge in [-0.3, -0.25) is 0 Å². The van der Waals surface area contributed by atoms with Crippen molar-refractivity contribution in [2.24, 2.45) is 0 Å². The van der Waals surface area contributed by atoms with Gasteiger partial charge in [-0.2, -0.15) is 9.03 Å². The number of hydrogen-bond donors (Lipinski definition) is 0. The Hall–Kier alpha value is -2.16. The molecule has 0 unspecified atom stereocenters. The maximum Gasteiger partial charge on any atom is 0.226 e. The van der Waals surface area contributed by atoms with E-state index in [9.17, 15) is 0 Å². The number of tetrazole rings is 2. The van der Waals surface area contributed by atoms with E-state index in [0.29, 0.717) is 11.3 Å². The second kappa shape index (κ2) is 2.94. The van der Waals surface area contributed by atoms with Crippen LogP contribution < -0.4 is 0 Å². The molecule has 0 aliphatic carbocycles. The van der Waals surface area contributed by atoms with Crippen LogP contribution in [-0.4, -0.2) is 40.1 Å². The van der Waals surface area contributed by atoms with E-state index in [1.807, 2.05) is 18.2 Å². The van der Waals surface area contributed by atoms with Gasteiger partial charge in [0, 0.05) is 4.47 Å². The second-order valence-corrected chi connectivity index (χ2v) is 4.38. The van der Waals surface area contributed by atoms with Gasteiger partial charge >= 0.3 is 0 Å². The van der Waals surface area contributed by atoms with Gasteiger partial charge in [0.05, 0.1) is 11.0 Å². The van der Waals surface area contributed by atoms with Crippen LogP contribution >= 0.6 is 15.9 Å². The van der Waals surface area contributed by atoms with Crippen molar-refractivity contribution in [2.75, 3.05) is 0 Å². The van der Waals surface area contributed by atoms with Crippen LogP contribution in [0.5, 0.6) is 0 Å². The van der Waals surface area contributed by atoms with Gasteiger partial charge < -0.3 is 0 Å². The molecule has 0 aliphatic heterocycles. The molecule has 0 fully saturated rings. The first-order valence-corrected chi connectivity index (χ1v) is 5.51. The zero-order chi connectivity index (χ0) is 11.4. The van der Waals surface area contributed by atoms with Crippen LogP contribution in [0.25, 0.3) is 22.3 Å². The molecular weight excluding hydrogens is 288 g/mol. The molecule has 0 saturated carbocycles. The van der Waals surface area contributed by atoms with Crippen molar-refractivity contribution in [3.8, 4) is 0 Å². The van der Waals surface area contributed by atoms with Crippen LogP contribution in [0.4, 0.5) is 0 Å². The molecule has 0 bridgehead atoms. The summed E-state index contributed by atoms with van der Waals surface area (Å²) in [6.07, 6.45) is 0. The first kappa shape index (κ1) is 8.93. The first-order chi connectivity index (χ1) is 8.34. The summed E-state index contributed by atoms with van der Waals surface area (Å²) in [5, 5.41) is 23.0. The molecule has 17 heavy (non-hydrogen) atoms. The molecule has 4 rings (SSSR count). The number of hydrogen-bond acceptors (Lipinski definition) is 6. The molecule has 0 radical (unpaired) electrons. The van der Waals surface area contributed by atoms with E-state index in [2.05, 4.69) is 47.0 Å². The molecule has 4 aromatic rings. The number of benzene rings is 1. The normalized spacial score (nSPS) is 11.8. The summed E-state index contributed by atoms with van der Waals surface area (Å²) in [5.74, 6) is 0. The highest BCUT2D eigenvalue weighted by Crippen LogP contribution is 2.21. The molecule has 0 spiro atoms. The largest absolute Gasteiger partial charge is 0.226 e. The minimum Gasteiger partial charge on any atom is -0.188 e. The summed E-state index contributed by atoms with van der Waals surface area (Å²) < 4.78 is 4.17. The lowest BCUT2D eigenvalue weighted by atomic mass is 10.3. The fraction of sp³-hybridized carbons (Fsp3) is 0. The lowest BCUT2D eigenvalue weighted by Gasteiger charge is -2.02. The van der Waals surface area contributed by atoms with Crippen molar-refractivity contribution in [1.82, 2.24) is 40.1 Å². The van der Waals surface area contributed by atoms with Crippen LogP contribution in [0.1, 0.15) is 0 Å². The molecule has 0 amide bonds. The summed E-state index contributed by atoms with van der Waals surface area (Å²) in [7, 11) is 0. The fourth-order valence-corrected chi connectivity index (χ4v) is 2.17. The first-order valence-electron chi connectivity index (χ1n) is 4.72.